The van der Waals surface area contributed by atoms with Gasteiger partial charge in [-0.2, -0.15) is 0 Å². The van der Waals surface area contributed by atoms with Gasteiger partial charge in [0.2, 0.25) is 11.8 Å². The molecule has 0 saturated carbocycles. The molecule has 4 heterocycles. The Hall–Kier alpha value is -2.74. The number of hydrogen-bond donors (Lipinski definition) is 2. The van der Waals surface area contributed by atoms with E-state index in [2.05, 4.69) is 15.5 Å². The van der Waals surface area contributed by atoms with Crippen LogP contribution in [-0.4, -0.2) is 60.2 Å². The van der Waals surface area contributed by atoms with E-state index in [0.29, 0.717) is 23.1 Å². The summed E-state index contributed by atoms with van der Waals surface area (Å²) in [6.45, 7) is 2.94. The van der Waals surface area contributed by atoms with Crippen molar-refractivity contribution in [2.45, 2.75) is 44.2 Å². The summed E-state index contributed by atoms with van der Waals surface area (Å²) in [6, 6.07) is 5.03. The van der Waals surface area contributed by atoms with Crippen molar-refractivity contribution in [3.05, 3.63) is 29.3 Å². The number of hydrogen-bond acceptors (Lipinski definition) is 6. The number of imide groups is 2. The van der Waals surface area contributed by atoms with Crippen molar-refractivity contribution >= 4 is 29.3 Å². The molecule has 0 radical (unpaired) electrons. The molecule has 3 fully saturated rings. The molecule has 1 aromatic carbocycles. The van der Waals surface area contributed by atoms with Crippen molar-refractivity contribution in [2.24, 2.45) is 5.92 Å². The Labute approximate surface area is 168 Å². The first-order valence-electron chi connectivity index (χ1n) is 10.4. The lowest BCUT2D eigenvalue weighted by atomic mass is 9.85. The first kappa shape index (κ1) is 18.3. The molecule has 0 spiro atoms. The van der Waals surface area contributed by atoms with E-state index in [9.17, 15) is 19.2 Å². The molecular formula is C21H24N4O4. The average molecular weight is 396 g/mol. The van der Waals surface area contributed by atoms with Crippen LogP contribution in [0.3, 0.4) is 0 Å². The van der Waals surface area contributed by atoms with E-state index in [1.807, 2.05) is 6.07 Å². The molecule has 0 bridgehead atoms. The zero-order valence-electron chi connectivity index (χ0n) is 16.1. The largest absolute Gasteiger partial charge is 0.371 e. The van der Waals surface area contributed by atoms with Gasteiger partial charge in [0.15, 0.2) is 0 Å². The number of piperidine rings is 3. The summed E-state index contributed by atoms with van der Waals surface area (Å²) in [5, 5.41) is 5.83. The summed E-state index contributed by atoms with van der Waals surface area (Å²) in [4.78, 5) is 52.7. The monoisotopic (exact) mass is 396 g/mol. The van der Waals surface area contributed by atoms with Crippen LogP contribution in [0.4, 0.5) is 5.69 Å². The summed E-state index contributed by atoms with van der Waals surface area (Å²) >= 11 is 0. The van der Waals surface area contributed by atoms with Crippen molar-refractivity contribution in [3.63, 3.8) is 0 Å². The van der Waals surface area contributed by atoms with Crippen LogP contribution in [0.2, 0.25) is 0 Å². The van der Waals surface area contributed by atoms with Gasteiger partial charge < -0.3 is 10.2 Å². The first-order chi connectivity index (χ1) is 14.0. The maximum Gasteiger partial charge on any atom is 0.262 e. The van der Waals surface area contributed by atoms with Crippen LogP contribution in [-0.2, 0) is 9.59 Å². The lowest BCUT2D eigenvalue weighted by Gasteiger charge is -2.42. The summed E-state index contributed by atoms with van der Waals surface area (Å²) in [7, 11) is 0. The molecule has 3 unspecified atom stereocenters. The van der Waals surface area contributed by atoms with Gasteiger partial charge in [-0.1, -0.05) is 0 Å². The fourth-order valence-electron chi connectivity index (χ4n) is 5.14. The normalized spacial score (nSPS) is 29.6. The van der Waals surface area contributed by atoms with E-state index < -0.39 is 23.8 Å². The molecule has 5 rings (SSSR count). The molecule has 4 aliphatic heterocycles. The Morgan fingerprint density at radius 2 is 1.79 bits per heavy atom. The van der Waals surface area contributed by atoms with Crippen LogP contribution in [0.25, 0.3) is 0 Å². The topological polar surface area (TPSA) is 98.8 Å². The molecular weight excluding hydrogens is 372 g/mol. The van der Waals surface area contributed by atoms with Gasteiger partial charge >= 0.3 is 0 Å². The third kappa shape index (κ3) is 3.02. The zero-order valence-corrected chi connectivity index (χ0v) is 16.1. The Kier molecular flexibility index (Phi) is 4.38. The second-order valence-electron chi connectivity index (χ2n) is 8.37. The van der Waals surface area contributed by atoms with Gasteiger partial charge in [-0.25, -0.2) is 0 Å². The minimum atomic E-state index is -0.924. The number of carbonyl (C=O) groups is 4. The predicted molar refractivity (Wildman–Crippen MR) is 104 cm³/mol. The Balaban J connectivity index is 1.38. The highest BCUT2D eigenvalue weighted by atomic mass is 16.2. The quantitative estimate of drug-likeness (QED) is 0.713. The van der Waals surface area contributed by atoms with Gasteiger partial charge in [-0.3, -0.25) is 29.4 Å². The van der Waals surface area contributed by atoms with Crippen LogP contribution < -0.4 is 15.5 Å². The molecule has 8 heteroatoms. The highest BCUT2D eigenvalue weighted by Gasteiger charge is 2.45. The average Bonchev–Trinajstić information content (AvgIpc) is 2.98. The smallest absolute Gasteiger partial charge is 0.262 e. The number of anilines is 1. The molecule has 2 N–H and O–H groups in total. The molecule has 29 heavy (non-hydrogen) atoms. The summed E-state index contributed by atoms with van der Waals surface area (Å²) in [5.74, 6) is -1.26. The second kappa shape index (κ2) is 6.95. The predicted octanol–water partition coefficient (Wildman–Crippen LogP) is 0.666. The standard InChI is InChI=1S/C21H24N4O4/c26-18-6-5-17(19(27)23-18)25-20(28)14-4-3-13(10-15(14)21(25)29)24-9-7-16-12(11-24)2-1-8-22-16/h3-4,10,12,16-17,22H,1-2,5-9,11H2,(H,23,26,27). The number of rotatable bonds is 2. The fraction of sp³-hybridized carbons (Fsp3) is 0.524. The van der Waals surface area contributed by atoms with Gasteiger partial charge in [0.05, 0.1) is 11.1 Å². The van der Waals surface area contributed by atoms with E-state index >= 15 is 0 Å². The van der Waals surface area contributed by atoms with Crippen LogP contribution in [0.1, 0.15) is 52.8 Å². The SMILES string of the molecule is O=C1CCC(N2C(=O)c3ccc(N4CCC5NCCCC5C4)cc3C2=O)C(=O)N1. The van der Waals surface area contributed by atoms with E-state index in [0.717, 1.165) is 36.6 Å². The minimum absolute atomic E-state index is 0.124. The van der Waals surface area contributed by atoms with Crippen LogP contribution in [0.5, 0.6) is 0 Å². The van der Waals surface area contributed by atoms with Crippen molar-refractivity contribution in [1.29, 1.82) is 0 Å². The number of carbonyl (C=O) groups excluding carboxylic acids is 4. The van der Waals surface area contributed by atoms with Crippen molar-refractivity contribution in [1.82, 2.24) is 15.5 Å². The number of amides is 4. The van der Waals surface area contributed by atoms with Crippen molar-refractivity contribution < 1.29 is 19.2 Å². The van der Waals surface area contributed by atoms with Crippen LogP contribution >= 0.6 is 0 Å². The van der Waals surface area contributed by atoms with E-state index in [4.69, 9.17) is 0 Å². The summed E-state index contributed by atoms with van der Waals surface area (Å²) < 4.78 is 0. The molecule has 0 aliphatic carbocycles. The molecule has 8 nitrogen and oxygen atoms in total. The third-order valence-electron chi connectivity index (χ3n) is 6.68. The van der Waals surface area contributed by atoms with Crippen LogP contribution in [0, 0.1) is 5.92 Å². The van der Waals surface area contributed by atoms with Crippen molar-refractivity contribution in [2.75, 3.05) is 24.5 Å². The Bertz CT molecular complexity index is 914. The Morgan fingerprint density at radius 1 is 0.966 bits per heavy atom. The number of benzene rings is 1. The summed E-state index contributed by atoms with van der Waals surface area (Å²) in [5.41, 5.74) is 1.62. The van der Waals surface area contributed by atoms with Gasteiger partial charge in [0, 0.05) is 31.2 Å². The lowest BCUT2D eigenvalue weighted by molar-refractivity contribution is -0.136. The minimum Gasteiger partial charge on any atom is -0.371 e. The molecule has 4 aliphatic rings. The number of nitrogens with one attached hydrogen (secondary N) is 2. The lowest BCUT2D eigenvalue weighted by Crippen LogP contribution is -2.54. The molecule has 152 valence electrons. The second-order valence-corrected chi connectivity index (χ2v) is 8.37. The fourth-order valence-corrected chi connectivity index (χ4v) is 5.14. The highest BCUT2D eigenvalue weighted by Crippen LogP contribution is 2.33. The number of fused-ring (bicyclic) bond motifs is 2. The van der Waals surface area contributed by atoms with E-state index in [1.54, 1.807) is 12.1 Å². The van der Waals surface area contributed by atoms with Gasteiger partial charge in [0.25, 0.3) is 11.8 Å². The highest BCUT2D eigenvalue weighted by molar-refractivity contribution is 6.23. The maximum atomic E-state index is 13.0. The third-order valence-corrected chi connectivity index (χ3v) is 6.68. The number of nitrogens with zero attached hydrogens (tertiary/aromatic N) is 2. The van der Waals surface area contributed by atoms with E-state index in [-0.39, 0.29) is 18.7 Å². The van der Waals surface area contributed by atoms with Crippen molar-refractivity contribution in [3.8, 4) is 0 Å². The molecule has 3 atom stereocenters. The molecule has 1 aromatic rings. The zero-order chi connectivity index (χ0) is 20.1. The van der Waals surface area contributed by atoms with Gasteiger partial charge in [-0.15, -0.1) is 0 Å². The van der Waals surface area contributed by atoms with Gasteiger partial charge in [-0.05, 0) is 56.3 Å². The molecule has 3 saturated heterocycles. The first-order valence-corrected chi connectivity index (χ1v) is 10.4. The molecule has 0 aromatic heterocycles. The van der Waals surface area contributed by atoms with Gasteiger partial charge in [0.1, 0.15) is 6.04 Å². The molecule has 4 amide bonds. The summed E-state index contributed by atoms with van der Waals surface area (Å²) in [6.07, 6.45) is 3.76. The van der Waals surface area contributed by atoms with E-state index in [1.165, 1.54) is 12.8 Å². The van der Waals surface area contributed by atoms with Crippen LogP contribution in [0.15, 0.2) is 18.2 Å². The Morgan fingerprint density at radius 3 is 2.62 bits per heavy atom. The maximum absolute atomic E-state index is 13.0.